The zero-order chi connectivity index (χ0) is 20.5. The van der Waals surface area contributed by atoms with E-state index in [1.54, 1.807) is 26.0 Å². The van der Waals surface area contributed by atoms with E-state index in [2.05, 4.69) is 10.4 Å². The molecule has 8 heteroatoms. The van der Waals surface area contributed by atoms with E-state index in [-0.39, 0.29) is 18.7 Å². The summed E-state index contributed by atoms with van der Waals surface area (Å²) in [5.74, 6) is -1.93. The van der Waals surface area contributed by atoms with Crippen LogP contribution in [-0.4, -0.2) is 46.0 Å². The number of carbonyl (C=O) groups is 2. The molecule has 0 radical (unpaired) electrons. The van der Waals surface area contributed by atoms with Gasteiger partial charge in [-0.15, -0.1) is 0 Å². The summed E-state index contributed by atoms with van der Waals surface area (Å²) in [5, 5.41) is 16.3. The number of aromatic nitrogens is 2. The lowest BCUT2D eigenvalue weighted by atomic mass is 9.98. The number of hydrogen-bond donors (Lipinski definition) is 2. The first-order valence-electron chi connectivity index (χ1n) is 9.15. The largest absolute Gasteiger partial charge is 0.481 e. The molecule has 1 amide bonds. The molecule has 1 atom stereocenters. The van der Waals surface area contributed by atoms with Crippen molar-refractivity contribution >= 4 is 11.9 Å². The molecule has 3 rings (SSSR count). The molecule has 1 unspecified atom stereocenters. The molecule has 0 aliphatic heterocycles. The Bertz CT molecular complexity index is 904. The lowest BCUT2D eigenvalue weighted by Crippen LogP contribution is -2.51. The van der Waals surface area contributed by atoms with Gasteiger partial charge < -0.3 is 15.2 Å². The Labute approximate surface area is 162 Å². The summed E-state index contributed by atoms with van der Waals surface area (Å²) in [5.41, 5.74) is 1.80. The molecule has 28 heavy (non-hydrogen) atoms. The fourth-order valence-corrected chi connectivity index (χ4v) is 3.81. The summed E-state index contributed by atoms with van der Waals surface area (Å²) >= 11 is 0. The van der Waals surface area contributed by atoms with Crippen molar-refractivity contribution in [2.24, 2.45) is 0 Å². The van der Waals surface area contributed by atoms with Crippen molar-refractivity contribution in [2.45, 2.75) is 45.1 Å². The van der Waals surface area contributed by atoms with Gasteiger partial charge in [-0.3, -0.25) is 9.59 Å². The summed E-state index contributed by atoms with van der Waals surface area (Å²) in [7, 11) is 1.44. The maximum atomic E-state index is 14.5. The summed E-state index contributed by atoms with van der Waals surface area (Å²) in [6, 6.07) is 4.80. The van der Waals surface area contributed by atoms with Crippen molar-refractivity contribution < 1.29 is 23.8 Å². The second kappa shape index (κ2) is 7.71. The lowest BCUT2D eigenvalue weighted by Gasteiger charge is -2.28. The first kappa shape index (κ1) is 20.0. The van der Waals surface area contributed by atoms with Crippen molar-refractivity contribution in [3.63, 3.8) is 0 Å². The van der Waals surface area contributed by atoms with E-state index in [0.717, 1.165) is 23.2 Å². The number of carboxylic acids is 1. The van der Waals surface area contributed by atoms with Gasteiger partial charge in [0.05, 0.1) is 18.6 Å². The van der Waals surface area contributed by atoms with Crippen LogP contribution in [-0.2, 0) is 22.4 Å². The molecule has 1 heterocycles. The molecular weight excluding hydrogens is 365 g/mol. The molecule has 1 aliphatic rings. The van der Waals surface area contributed by atoms with E-state index in [0.29, 0.717) is 18.5 Å². The number of hydrogen-bond acceptors (Lipinski definition) is 4. The molecule has 150 valence electrons. The Kier molecular flexibility index (Phi) is 5.51. The summed E-state index contributed by atoms with van der Waals surface area (Å²) < 4.78 is 21.1. The van der Waals surface area contributed by atoms with Gasteiger partial charge in [0.2, 0.25) is 0 Å². The van der Waals surface area contributed by atoms with Crippen molar-refractivity contribution in [2.75, 3.05) is 13.7 Å². The number of aliphatic carboxylic acids is 1. The van der Waals surface area contributed by atoms with Gasteiger partial charge in [0.1, 0.15) is 11.5 Å². The maximum Gasteiger partial charge on any atom is 0.305 e. The average molecular weight is 389 g/mol. The first-order valence-corrected chi connectivity index (χ1v) is 9.15. The van der Waals surface area contributed by atoms with Crippen LogP contribution in [0.25, 0.3) is 5.69 Å². The number of aryl methyl sites for hydroxylation is 1. The zero-order valence-electron chi connectivity index (χ0n) is 16.2. The maximum absolute atomic E-state index is 14.5. The van der Waals surface area contributed by atoms with Gasteiger partial charge >= 0.3 is 5.97 Å². The number of nitrogens with zero attached hydrogens (tertiary/aromatic N) is 2. The molecule has 7 nitrogen and oxygen atoms in total. The summed E-state index contributed by atoms with van der Waals surface area (Å²) in [6.07, 6.45) is 1.94. The summed E-state index contributed by atoms with van der Waals surface area (Å²) in [6.45, 7) is 3.45. The lowest BCUT2D eigenvalue weighted by molar-refractivity contribution is -0.139. The second-order valence-electron chi connectivity index (χ2n) is 7.46. The van der Waals surface area contributed by atoms with Crippen LogP contribution < -0.4 is 5.32 Å². The highest BCUT2D eigenvalue weighted by atomic mass is 19.1. The van der Waals surface area contributed by atoms with Crippen LogP contribution in [0, 0.1) is 12.7 Å². The number of carboxylic acid groups (broad SMARTS) is 1. The molecule has 1 aromatic carbocycles. The van der Waals surface area contributed by atoms with Crippen molar-refractivity contribution in [1.29, 1.82) is 0 Å². The number of methoxy groups -OCH3 is 1. The Hall–Kier alpha value is -2.74. The quantitative estimate of drug-likeness (QED) is 0.759. The smallest absolute Gasteiger partial charge is 0.305 e. The van der Waals surface area contributed by atoms with E-state index in [9.17, 15) is 14.0 Å². The Morgan fingerprint density at radius 2 is 2.14 bits per heavy atom. The third kappa shape index (κ3) is 3.77. The molecule has 1 aromatic heterocycles. The number of amides is 1. The number of fused-ring (bicyclic) bond motifs is 1. The predicted octanol–water partition coefficient (Wildman–Crippen LogP) is 2.42. The van der Waals surface area contributed by atoms with Crippen LogP contribution >= 0.6 is 0 Å². The van der Waals surface area contributed by atoms with Gasteiger partial charge in [0, 0.05) is 18.4 Å². The first-order chi connectivity index (χ1) is 13.3. The number of benzene rings is 1. The number of nitrogens with one attached hydrogen (secondary N) is 1. The molecular formula is C20H24FN3O4. The van der Waals surface area contributed by atoms with Crippen LogP contribution in [0.4, 0.5) is 4.39 Å². The topological polar surface area (TPSA) is 93.4 Å². The van der Waals surface area contributed by atoms with E-state index >= 15 is 0 Å². The van der Waals surface area contributed by atoms with Crippen LogP contribution in [0.1, 0.15) is 47.1 Å². The third-order valence-electron chi connectivity index (χ3n) is 4.97. The Morgan fingerprint density at radius 3 is 2.79 bits per heavy atom. The highest BCUT2D eigenvalue weighted by Crippen LogP contribution is 2.30. The molecule has 0 fully saturated rings. The van der Waals surface area contributed by atoms with Crippen molar-refractivity contribution in [1.82, 2.24) is 15.1 Å². The van der Waals surface area contributed by atoms with E-state index in [1.165, 1.54) is 17.9 Å². The van der Waals surface area contributed by atoms with Gasteiger partial charge in [0.25, 0.3) is 5.91 Å². The molecule has 2 N–H and O–H groups in total. The normalized spacial score (nSPS) is 15.1. The monoisotopic (exact) mass is 389 g/mol. The Balaban J connectivity index is 2.00. The number of halogens is 1. The number of carbonyl (C=O) groups excluding carboxylic acids is 1. The van der Waals surface area contributed by atoms with Gasteiger partial charge in [-0.05, 0) is 44.7 Å². The van der Waals surface area contributed by atoms with Crippen molar-refractivity contribution in [3.05, 3.63) is 46.5 Å². The third-order valence-corrected chi connectivity index (χ3v) is 4.97. The van der Waals surface area contributed by atoms with Crippen molar-refractivity contribution in [3.8, 4) is 5.69 Å². The molecule has 1 aliphatic carbocycles. The van der Waals surface area contributed by atoms with Gasteiger partial charge in [-0.1, -0.05) is 12.1 Å². The SMILES string of the molecule is COCC(C)(CC(=O)O)NC(=O)c1nn(-c2c(C)cccc2F)c2c1CCC2. The molecule has 2 aromatic rings. The fourth-order valence-electron chi connectivity index (χ4n) is 3.81. The molecule has 0 saturated heterocycles. The predicted molar refractivity (Wildman–Crippen MR) is 100 cm³/mol. The van der Waals surface area contributed by atoms with E-state index in [4.69, 9.17) is 9.84 Å². The highest BCUT2D eigenvalue weighted by molar-refractivity contribution is 5.95. The van der Waals surface area contributed by atoms with Crippen LogP contribution in [0.5, 0.6) is 0 Å². The van der Waals surface area contributed by atoms with Crippen LogP contribution in [0.3, 0.4) is 0 Å². The second-order valence-corrected chi connectivity index (χ2v) is 7.46. The highest BCUT2D eigenvalue weighted by Gasteiger charge is 2.34. The number of ether oxygens (including phenoxy) is 1. The number of para-hydroxylation sites is 1. The minimum absolute atomic E-state index is 0.0420. The fraction of sp³-hybridized carbons (Fsp3) is 0.450. The van der Waals surface area contributed by atoms with E-state index < -0.39 is 23.2 Å². The molecule has 0 saturated carbocycles. The average Bonchev–Trinajstić information content (AvgIpc) is 3.17. The van der Waals surface area contributed by atoms with Gasteiger partial charge in [-0.2, -0.15) is 5.10 Å². The number of rotatable bonds is 7. The van der Waals surface area contributed by atoms with Crippen LogP contribution in [0.15, 0.2) is 18.2 Å². The minimum atomic E-state index is -1.08. The van der Waals surface area contributed by atoms with Gasteiger partial charge in [0.15, 0.2) is 5.69 Å². The minimum Gasteiger partial charge on any atom is -0.481 e. The summed E-state index contributed by atoms with van der Waals surface area (Å²) in [4.78, 5) is 24.2. The van der Waals surface area contributed by atoms with Gasteiger partial charge in [-0.25, -0.2) is 9.07 Å². The van der Waals surface area contributed by atoms with Crippen LogP contribution in [0.2, 0.25) is 0 Å². The Morgan fingerprint density at radius 1 is 1.39 bits per heavy atom. The molecule has 0 bridgehead atoms. The standard InChI is InChI=1S/C20H24FN3O4/c1-12-6-4-8-14(21)18(12)24-15-9-5-7-13(15)17(23-24)19(27)22-20(2,11-28-3)10-16(25)26/h4,6,8H,5,7,9-11H2,1-3H3,(H,22,27)(H,25,26). The van der Waals surface area contributed by atoms with E-state index in [1.807, 2.05) is 0 Å². The molecule has 0 spiro atoms. The zero-order valence-corrected chi connectivity index (χ0v) is 16.2.